The Morgan fingerprint density at radius 3 is 2.52 bits per heavy atom. The number of aromatic nitrogens is 1. The van der Waals surface area contributed by atoms with Gasteiger partial charge < -0.3 is 15.7 Å². The third kappa shape index (κ3) is 5.45. The standard InChI is InChI=1S/C20H20N4O4S/c1-14-11-17(25)6-9-19(14)24-29(27,28)18-7-4-16(5-8-18)23-20(26)22-13-15-3-2-10-21-12-15/h2-12,24-25H,13H2,1H3,(H2,22,23,26). The van der Waals surface area contributed by atoms with Gasteiger partial charge in [0, 0.05) is 24.6 Å². The molecule has 3 aromatic rings. The summed E-state index contributed by atoms with van der Waals surface area (Å²) in [7, 11) is -3.81. The normalized spacial score (nSPS) is 10.9. The first-order valence-electron chi connectivity index (χ1n) is 8.70. The third-order valence-electron chi connectivity index (χ3n) is 4.05. The minimum Gasteiger partial charge on any atom is -0.508 e. The van der Waals surface area contributed by atoms with Crippen molar-refractivity contribution >= 4 is 27.4 Å². The molecule has 0 saturated heterocycles. The summed E-state index contributed by atoms with van der Waals surface area (Å²) in [5.74, 6) is 0.0580. The van der Waals surface area contributed by atoms with E-state index < -0.39 is 16.1 Å². The molecule has 0 spiro atoms. The Kier molecular flexibility index (Phi) is 5.99. The van der Waals surface area contributed by atoms with E-state index in [0.717, 1.165) is 5.56 Å². The molecular weight excluding hydrogens is 392 g/mol. The van der Waals surface area contributed by atoms with Crippen molar-refractivity contribution in [3.63, 3.8) is 0 Å². The third-order valence-corrected chi connectivity index (χ3v) is 5.43. The summed E-state index contributed by atoms with van der Waals surface area (Å²) in [4.78, 5) is 16.0. The van der Waals surface area contributed by atoms with Gasteiger partial charge in [-0.2, -0.15) is 0 Å². The van der Waals surface area contributed by atoms with Crippen LogP contribution in [0.1, 0.15) is 11.1 Å². The summed E-state index contributed by atoms with van der Waals surface area (Å²) in [5, 5.41) is 14.8. The van der Waals surface area contributed by atoms with Gasteiger partial charge in [-0.05, 0) is 66.6 Å². The fourth-order valence-corrected chi connectivity index (χ4v) is 3.67. The maximum atomic E-state index is 12.6. The molecule has 0 bridgehead atoms. The van der Waals surface area contributed by atoms with E-state index in [0.29, 0.717) is 23.5 Å². The number of aryl methyl sites for hydroxylation is 1. The number of hydrogen-bond acceptors (Lipinski definition) is 5. The zero-order chi connectivity index (χ0) is 20.9. The number of amides is 2. The second kappa shape index (κ2) is 8.61. The number of benzene rings is 2. The number of aromatic hydroxyl groups is 1. The van der Waals surface area contributed by atoms with Crippen LogP contribution >= 0.6 is 0 Å². The summed E-state index contributed by atoms with van der Waals surface area (Å²) in [6.45, 7) is 2.01. The molecule has 0 aliphatic heterocycles. The molecule has 0 saturated carbocycles. The number of carbonyl (C=O) groups is 1. The van der Waals surface area contributed by atoms with Crippen molar-refractivity contribution in [3.05, 3.63) is 78.1 Å². The zero-order valence-electron chi connectivity index (χ0n) is 15.6. The highest BCUT2D eigenvalue weighted by Crippen LogP contribution is 2.24. The average molecular weight is 412 g/mol. The molecule has 150 valence electrons. The first-order chi connectivity index (χ1) is 13.8. The molecule has 1 heterocycles. The summed E-state index contributed by atoms with van der Waals surface area (Å²) in [6.07, 6.45) is 3.31. The number of sulfonamides is 1. The molecule has 0 radical (unpaired) electrons. The highest BCUT2D eigenvalue weighted by atomic mass is 32.2. The number of phenols is 1. The lowest BCUT2D eigenvalue weighted by Crippen LogP contribution is -2.28. The van der Waals surface area contributed by atoms with Gasteiger partial charge in [-0.3, -0.25) is 9.71 Å². The first-order valence-corrected chi connectivity index (χ1v) is 10.2. The van der Waals surface area contributed by atoms with Crippen LogP contribution in [0.25, 0.3) is 0 Å². The predicted octanol–water partition coefficient (Wildman–Crippen LogP) is 3.22. The molecule has 4 N–H and O–H groups in total. The van der Waals surface area contributed by atoms with Crippen molar-refractivity contribution in [2.75, 3.05) is 10.0 Å². The van der Waals surface area contributed by atoms with Gasteiger partial charge in [0.2, 0.25) is 0 Å². The van der Waals surface area contributed by atoms with E-state index in [1.807, 2.05) is 6.07 Å². The molecule has 3 rings (SSSR count). The zero-order valence-corrected chi connectivity index (χ0v) is 16.4. The highest BCUT2D eigenvalue weighted by Gasteiger charge is 2.15. The van der Waals surface area contributed by atoms with Gasteiger partial charge in [-0.15, -0.1) is 0 Å². The Labute approximate surface area is 168 Å². The van der Waals surface area contributed by atoms with Crippen molar-refractivity contribution in [1.29, 1.82) is 0 Å². The van der Waals surface area contributed by atoms with E-state index in [2.05, 4.69) is 20.3 Å². The van der Waals surface area contributed by atoms with Crippen LogP contribution in [0.4, 0.5) is 16.2 Å². The van der Waals surface area contributed by atoms with E-state index in [9.17, 15) is 18.3 Å². The van der Waals surface area contributed by atoms with E-state index >= 15 is 0 Å². The molecule has 0 unspecified atom stereocenters. The van der Waals surface area contributed by atoms with Crippen LogP contribution in [0.15, 0.2) is 71.9 Å². The summed E-state index contributed by atoms with van der Waals surface area (Å²) < 4.78 is 27.6. The van der Waals surface area contributed by atoms with Crippen LogP contribution < -0.4 is 15.4 Å². The second-order valence-corrected chi connectivity index (χ2v) is 7.98. The molecule has 0 aliphatic rings. The number of anilines is 2. The number of rotatable bonds is 6. The summed E-state index contributed by atoms with van der Waals surface area (Å²) >= 11 is 0. The molecule has 2 amide bonds. The SMILES string of the molecule is Cc1cc(O)ccc1NS(=O)(=O)c1ccc(NC(=O)NCc2cccnc2)cc1. The van der Waals surface area contributed by atoms with Gasteiger partial charge in [0.1, 0.15) is 5.75 Å². The Morgan fingerprint density at radius 1 is 1.10 bits per heavy atom. The molecule has 0 atom stereocenters. The van der Waals surface area contributed by atoms with Crippen molar-refractivity contribution in [3.8, 4) is 5.75 Å². The average Bonchev–Trinajstić information content (AvgIpc) is 2.70. The first kappa shape index (κ1) is 20.2. The number of phenolic OH excluding ortho intramolecular Hbond substituents is 1. The van der Waals surface area contributed by atoms with Crippen LogP contribution in [0.2, 0.25) is 0 Å². The van der Waals surface area contributed by atoms with Gasteiger partial charge in [0.05, 0.1) is 10.6 Å². The lowest BCUT2D eigenvalue weighted by atomic mass is 10.2. The molecule has 0 fully saturated rings. The number of pyridine rings is 1. The number of hydrogen-bond donors (Lipinski definition) is 4. The summed E-state index contributed by atoms with van der Waals surface area (Å²) in [6, 6.07) is 13.4. The maximum absolute atomic E-state index is 12.6. The largest absolute Gasteiger partial charge is 0.508 e. The topological polar surface area (TPSA) is 120 Å². The van der Waals surface area contributed by atoms with Gasteiger partial charge in [0.25, 0.3) is 10.0 Å². The maximum Gasteiger partial charge on any atom is 0.319 e. The number of nitrogens with one attached hydrogen (secondary N) is 3. The predicted molar refractivity (Wildman–Crippen MR) is 110 cm³/mol. The van der Waals surface area contributed by atoms with Crippen LogP contribution in [-0.4, -0.2) is 24.5 Å². The minimum absolute atomic E-state index is 0.0475. The van der Waals surface area contributed by atoms with Crippen LogP contribution in [-0.2, 0) is 16.6 Å². The van der Waals surface area contributed by atoms with E-state index in [1.54, 1.807) is 25.4 Å². The molecule has 8 nitrogen and oxygen atoms in total. The Bertz CT molecular complexity index is 1100. The number of carbonyl (C=O) groups excluding carboxylic acids is 1. The highest BCUT2D eigenvalue weighted by molar-refractivity contribution is 7.92. The molecule has 9 heteroatoms. The van der Waals surface area contributed by atoms with Gasteiger partial charge in [0.15, 0.2) is 0 Å². The number of urea groups is 1. The lowest BCUT2D eigenvalue weighted by molar-refractivity contribution is 0.251. The molecular formula is C20H20N4O4S. The van der Waals surface area contributed by atoms with E-state index in [1.165, 1.54) is 42.5 Å². The van der Waals surface area contributed by atoms with Crippen molar-refractivity contribution in [2.45, 2.75) is 18.4 Å². The Balaban J connectivity index is 1.62. The Morgan fingerprint density at radius 2 is 1.86 bits per heavy atom. The lowest BCUT2D eigenvalue weighted by Gasteiger charge is -2.12. The van der Waals surface area contributed by atoms with Gasteiger partial charge in [-0.25, -0.2) is 13.2 Å². The molecule has 2 aromatic carbocycles. The quantitative estimate of drug-likeness (QED) is 0.463. The second-order valence-electron chi connectivity index (χ2n) is 6.30. The minimum atomic E-state index is -3.81. The van der Waals surface area contributed by atoms with Crippen LogP contribution in [0.3, 0.4) is 0 Å². The van der Waals surface area contributed by atoms with Gasteiger partial charge >= 0.3 is 6.03 Å². The van der Waals surface area contributed by atoms with E-state index in [-0.39, 0.29) is 10.6 Å². The van der Waals surface area contributed by atoms with Crippen LogP contribution in [0.5, 0.6) is 5.75 Å². The van der Waals surface area contributed by atoms with Crippen molar-refractivity contribution < 1.29 is 18.3 Å². The molecule has 29 heavy (non-hydrogen) atoms. The monoisotopic (exact) mass is 412 g/mol. The van der Waals surface area contributed by atoms with Gasteiger partial charge in [-0.1, -0.05) is 6.07 Å². The Hall–Kier alpha value is -3.59. The van der Waals surface area contributed by atoms with E-state index in [4.69, 9.17) is 0 Å². The van der Waals surface area contributed by atoms with Crippen LogP contribution in [0, 0.1) is 6.92 Å². The summed E-state index contributed by atoms with van der Waals surface area (Å²) in [5.41, 5.74) is 2.28. The molecule has 1 aromatic heterocycles. The fraction of sp³-hybridized carbons (Fsp3) is 0.100. The number of nitrogens with zero attached hydrogens (tertiary/aromatic N) is 1. The molecule has 0 aliphatic carbocycles. The smallest absolute Gasteiger partial charge is 0.319 e. The fourth-order valence-electron chi connectivity index (χ4n) is 2.54. The van der Waals surface area contributed by atoms with Crippen molar-refractivity contribution in [1.82, 2.24) is 10.3 Å². The van der Waals surface area contributed by atoms with Crippen molar-refractivity contribution in [2.24, 2.45) is 0 Å².